The van der Waals surface area contributed by atoms with Crippen LogP contribution in [0, 0.1) is 0 Å². The Morgan fingerprint density at radius 1 is 0.875 bits per heavy atom. The molecule has 0 heterocycles. The molecule has 1 amide bonds. The van der Waals surface area contributed by atoms with E-state index in [-0.39, 0.29) is 11.1 Å². The van der Waals surface area contributed by atoms with Crippen LogP contribution in [-0.4, -0.2) is 33.4 Å². The molecule has 0 aromatic heterocycles. The van der Waals surface area contributed by atoms with Crippen molar-refractivity contribution >= 4 is 18.0 Å². The second kappa shape index (κ2) is 10.8. The van der Waals surface area contributed by atoms with Crippen LogP contribution in [0.5, 0.6) is 0 Å². The van der Waals surface area contributed by atoms with Crippen molar-refractivity contribution in [3.05, 3.63) is 24.3 Å². The number of carbonyl (C=O) groups is 3. The lowest BCUT2D eigenvalue weighted by molar-refractivity contribution is -0.133. The molecule has 5 N–H and O–H groups in total. The lowest BCUT2D eigenvalue weighted by Gasteiger charge is -1.79. The van der Waals surface area contributed by atoms with Crippen molar-refractivity contribution in [2.45, 2.75) is 13.8 Å². The highest BCUT2D eigenvalue weighted by Crippen LogP contribution is 1.81. The van der Waals surface area contributed by atoms with E-state index in [0.29, 0.717) is 0 Å². The monoisotopic (exact) mass is 233 g/mol. The van der Waals surface area contributed by atoms with E-state index in [0.717, 1.165) is 0 Å². The van der Waals surface area contributed by atoms with Crippen molar-refractivity contribution in [3.63, 3.8) is 0 Å². The molecule has 0 saturated carbocycles. The minimum atomic E-state index is -1.33. The Labute approximate surface area is 92.5 Å². The molecule has 0 aliphatic heterocycles. The van der Waals surface area contributed by atoms with Gasteiger partial charge < -0.3 is 21.1 Å². The number of aliphatic carboxylic acids is 2. The maximum Gasteiger partial charge on any atom is 0.402 e. The first kappa shape index (κ1) is 19.3. The third-order valence-electron chi connectivity index (χ3n) is 0.730. The van der Waals surface area contributed by atoms with E-state index in [2.05, 4.69) is 18.9 Å². The van der Waals surface area contributed by atoms with Gasteiger partial charge in [0.15, 0.2) is 0 Å². The van der Waals surface area contributed by atoms with Crippen LogP contribution in [0.1, 0.15) is 13.8 Å². The summed E-state index contributed by atoms with van der Waals surface area (Å²) in [5.74, 6) is -1.87. The zero-order chi connectivity index (χ0) is 13.9. The van der Waals surface area contributed by atoms with Gasteiger partial charge in [-0.15, -0.1) is 0 Å². The van der Waals surface area contributed by atoms with Gasteiger partial charge in [0.05, 0.1) is 0 Å². The molecule has 0 rings (SSSR count). The van der Waals surface area contributed by atoms with E-state index in [1.165, 1.54) is 13.8 Å². The van der Waals surface area contributed by atoms with Crippen LogP contribution in [-0.2, 0) is 9.59 Å². The van der Waals surface area contributed by atoms with Crippen molar-refractivity contribution in [2.75, 3.05) is 0 Å². The molecule has 7 nitrogen and oxygen atoms in total. The Morgan fingerprint density at radius 2 is 0.938 bits per heavy atom. The smallest absolute Gasteiger partial charge is 0.402 e. The summed E-state index contributed by atoms with van der Waals surface area (Å²) in [6.45, 7) is 9.20. The van der Waals surface area contributed by atoms with Gasteiger partial charge in [-0.1, -0.05) is 13.2 Å². The molecule has 0 aliphatic carbocycles. The van der Waals surface area contributed by atoms with E-state index in [4.69, 9.17) is 20.1 Å². The third kappa shape index (κ3) is 41.3. The Balaban J connectivity index is -0.000000162. The predicted molar refractivity (Wildman–Crippen MR) is 57.1 cm³/mol. The molecule has 0 atom stereocenters. The summed E-state index contributed by atoms with van der Waals surface area (Å²) in [6.07, 6.45) is -1.33. The lowest BCUT2D eigenvalue weighted by atomic mass is 10.4. The minimum Gasteiger partial charge on any atom is -0.478 e. The molecule has 0 radical (unpaired) electrons. The highest BCUT2D eigenvalue weighted by molar-refractivity contribution is 5.85. The number of rotatable bonds is 2. The summed E-state index contributed by atoms with van der Waals surface area (Å²) in [6, 6.07) is 0. The molecule has 92 valence electrons. The van der Waals surface area contributed by atoms with Crippen LogP contribution in [0.3, 0.4) is 0 Å². The van der Waals surface area contributed by atoms with Crippen LogP contribution in [0.4, 0.5) is 4.79 Å². The normalized spacial score (nSPS) is 7.12. The second-order valence-corrected chi connectivity index (χ2v) is 2.51. The average Bonchev–Trinajstić information content (AvgIpc) is 2.03. The highest BCUT2D eigenvalue weighted by Gasteiger charge is 1.90. The summed E-state index contributed by atoms with van der Waals surface area (Å²) in [7, 11) is 0. The zero-order valence-electron chi connectivity index (χ0n) is 9.06. The fourth-order valence-electron chi connectivity index (χ4n) is 0. The SMILES string of the molecule is C=C(C)C(=O)O.C=C(C)C(=O)O.NC(=O)O. The lowest BCUT2D eigenvalue weighted by Crippen LogP contribution is -2.03. The molecular weight excluding hydrogens is 218 g/mol. The first-order chi connectivity index (χ1) is 7.02. The summed E-state index contributed by atoms with van der Waals surface area (Å²) in [4.78, 5) is 28.0. The first-order valence-electron chi connectivity index (χ1n) is 3.78. The molecule has 7 heteroatoms. The van der Waals surface area contributed by atoms with Crippen LogP contribution in [0.2, 0.25) is 0 Å². The molecule has 0 aromatic carbocycles. The summed E-state index contributed by atoms with van der Waals surface area (Å²) < 4.78 is 0. The molecule has 0 bridgehead atoms. The molecule has 0 aliphatic rings. The topological polar surface area (TPSA) is 138 Å². The molecule has 0 spiro atoms. The summed E-state index contributed by atoms with van der Waals surface area (Å²) in [5.41, 5.74) is 4.38. The Bertz CT molecular complexity index is 242. The number of hydrogen-bond acceptors (Lipinski definition) is 3. The first-order valence-corrected chi connectivity index (χ1v) is 3.78. The number of nitrogens with two attached hydrogens (primary N) is 1. The molecule has 16 heavy (non-hydrogen) atoms. The Hall–Kier alpha value is -2.31. The fraction of sp³-hybridized carbons (Fsp3) is 0.222. The molecule has 0 fully saturated rings. The zero-order valence-corrected chi connectivity index (χ0v) is 9.06. The summed E-state index contributed by atoms with van der Waals surface area (Å²) >= 11 is 0. The largest absolute Gasteiger partial charge is 0.478 e. The van der Waals surface area contributed by atoms with Crippen LogP contribution >= 0.6 is 0 Å². The van der Waals surface area contributed by atoms with E-state index < -0.39 is 18.0 Å². The van der Waals surface area contributed by atoms with Crippen molar-refractivity contribution in [3.8, 4) is 0 Å². The van der Waals surface area contributed by atoms with Crippen LogP contribution in [0.15, 0.2) is 24.3 Å². The van der Waals surface area contributed by atoms with Gasteiger partial charge in [-0.2, -0.15) is 0 Å². The quantitative estimate of drug-likeness (QED) is 0.523. The molecule has 0 aromatic rings. The Kier molecular flexibility index (Phi) is 13.0. The number of primary amides is 1. The van der Waals surface area contributed by atoms with Crippen molar-refractivity contribution < 1.29 is 29.7 Å². The fourth-order valence-corrected chi connectivity index (χ4v) is 0. The standard InChI is InChI=1S/2C4H6O2.CH3NO2/c2*1-3(2)4(5)6;2-1(3)4/h2*1H2,2H3,(H,5,6);2H2,(H,3,4). The van der Waals surface area contributed by atoms with Crippen molar-refractivity contribution in [1.82, 2.24) is 0 Å². The van der Waals surface area contributed by atoms with E-state index in [1.807, 2.05) is 0 Å². The van der Waals surface area contributed by atoms with E-state index >= 15 is 0 Å². The Morgan fingerprint density at radius 3 is 0.938 bits per heavy atom. The highest BCUT2D eigenvalue weighted by atomic mass is 16.4. The number of amides is 1. The maximum absolute atomic E-state index is 9.60. The van der Waals surface area contributed by atoms with Gasteiger partial charge >= 0.3 is 18.0 Å². The van der Waals surface area contributed by atoms with Gasteiger partial charge in [-0.3, -0.25) is 0 Å². The maximum atomic E-state index is 9.60. The second-order valence-electron chi connectivity index (χ2n) is 2.51. The van der Waals surface area contributed by atoms with Crippen LogP contribution < -0.4 is 5.73 Å². The van der Waals surface area contributed by atoms with Gasteiger partial charge in [0.1, 0.15) is 0 Å². The minimum absolute atomic E-state index is 0.176. The number of carboxylic acids is 2. The van der Waals surface area contributed by atoms with E-state index in [9.17, 15) is 9.59 Å². The van der Waals surface area contributed by atoms with Crippen molar-refractivity contribution in [2.24, 2.45) is 5.73 Å². The van der Waals surface area contributed by atoms with Gasteiger partial charge in [-0.05, 0) is 13.8 Å². The number of carboxylic acid groups (broad SMARTS) is 3. The van der Waals surface area contributed by atoms with E-state index in [1.54, 1.807) is 0 Å². The average molecular weight is 233 g/mol. The third-order valence-corrected chi connectivity index (χ3v) is 0.730. The molecule has 0 saturated heterocycles. The van der Waals surface area contributed by atoms with Gasteiger partial charge in [0, 0.05) is 11.1 Å². The van der Waals surface area contributed by atoms with Crippen molar-refractivity contribution in [1.29, 1.82) is 0 Å². The predicted octanol–water partition coefficient (Wildman–Crippen LogP) is 0.917. The number of hydrogen-bond donors (Lipinski definition) is 4. The molecule has 0 unspecified atom stereocenters. The molecular formula is C9H15NO6. The van der Waals surface area contributed by atoms with Gasteiger partial charge in [0.25, 0.3) is 0 Å². The van der Waals surface area contributed by atoms with Gasteiger partial charge in [-0.25, -0.2) is 14.4 Å². The summed E-state index contributed by atoms with van der Waals surface area (Å²) in [5, 5.41) is 23.0. The van der Waals surface area contributed by atoms with Crippen LogP contribution in [0.25, 0.3) is 0 Å². The van der Waals surface area contributed by atoms with Gasteiger partial charge in [0.2, 0.25) is 0 Å².